The van der Waals surface area contributed by atoms with Gasteiger partial charge in [-0.2, -0.15) is 0 Å². The van der Waals surface area contributed by atoms with Gasteiger partial charge in [-0.3, -0.25) is 14.3 Å². The number of nitrogens with one attached hydrogen (secondary N) is 2. The maximum absolute atomic E-state index is 11.8. The molecule has 0 spiro atoms. The highest BCUT2D eigenvalue weighted by atomic mass is 32.2. The number of carbonyl (C=O) groups is 2. The van der Waals surface area contributed by atoms with Gasteiger partial charge in [0.2, 0.25) is 16.4 Å². The van der Waals surface area contributed by atoms with Gasteiger partial charge in [0.25, 0.3) is 5.91 Å². The van der Waals surface area contributed by atoms with Crippen LogP contribution in [-0.2, 0) is 19.6 Å². The SMILES string of the molecule is C=CCC(=C)C(NC=O)C(=O)NS(=O)(=O)C1CC1. The highest BCUT2D eigenvalue weighted by Gasteiger charge is 2.38. The summed E-state index contributed by atoms with van der Waals surface area (Å²) in [5.41, 5.74) is 0.376. The quantitative estimate of drug-likeness (QED) is 0.474. The van der Waals surface area contributed by atoms with Crippen LogP contribution in [0.15, 0.2) is 24.8 Å². The zero-order valence-electron chi connectivity index (χ0n) is 9.89. The van der Waals surface area contributed by atoms with Crippen LogP contribution in [-0.4, -0.2) is 32.0 Å². The molecule has 2 N–H and O–H groups in total. The van der Waals surface area contributed by atoms with Gasteiger partial charge in [0, 0.05) is 0 Å². The van der Waals surface area contributed by atoms with E-state index in [-0.39, 0.29) is 0 Å². The van der Waals surface area contributed by atoms with Gasteiger partial charge in [-0.1, -0.05) is 12.7 Å². The van der Waals surface area contributed by atoms with Gasteiger partial charge in [-0.15, -0.1) is 6.58 Å². The molecule has 0 radical (unpaired) electrons. The van der Waals surface area contributed by atoms with E-state index in [1.54, 1.807) is 0 Å². The Balaban J connectivity index is 2.73. The fraction of sp³-hybridized carbons (Fsp3) is 0.455. The maximum Gasteiger partial charge on any atom is 0.260 e. The van der Waals surface area contributed by atoms with E-state index in [1.165, 1.54) is 6.08 Å². The Labute approximate surface area is 106 Å². The molecule has 7 heteroatoms. The van der Waals surface area contributed by atoms with Crippen molar-refractivity contribution in [1.82, 2.24) is 10.0 Å². The molecule has 0 aromatic rings. The second-order valence-electron chi connectivity index (χ2n) is 4.08. The van der Waals surface area contributed by atoms with Crippen molar-refractivity contribution in [2.24, 2.45) is 0 Å². The lowest BCUT2D eigenvalue weighted by molar-refractivity contribution is -0.122. The van der Waals surface area contributed by atoms with Crippen molar-refractivity contribution in [1.29, 1.82) is 0 Å². The number of amides is 2. The zero-order valence-corrected chi connectivity index (χ0v) is 10.7. The minimum Gasteiger partial charge on any atom is -0.343 e. The smallest absolute Gasteiger partial charge is 0.260 e. The molecule has 2 amide bonds. The van der Waals surface area contributed by atoms with Crippen LogP contribution < -0.4 is 10.0 Å². The topological polar surface area (TPSA) is 92.3 Å². The Morgan fingerprint density at radius 3 is 2.50 bits per heavy atom. The lowest BCUT2D eigenvalue weighted by Crippen LogP contribution is -2.47. The van der Waals surface area contributed by atoms with Crippen LogP contribution in [0.4, 0.5) is 0 Å². The molecule has 0 aromatic carbocycles. The first-order valence-corrected chi connectivity index (χ1v) is 7.00. The number of rotatable bonds is 8. The minimum absolute atomic E-state index is 0.308. The first-order chi connectivity index (χ1) is 8.42. The van der Waals surface area contributed by atoms with E-state index in [1.807, 2.05) is 4.72 Å². The molecule has 0 saturated heterocycles. The molecule has 100 valence electrons. The van der Waals surface area contributed by atoms with E-state index in [2.05, 4.69) is 18.5 Å². The van der Waals surface area contributed by atoms with E-state index >= 15 is 0 Å². The molecule has 1 rings (SSSR count). The summed E-state index contributed by atoms with van der Waals surface area (Å²) in [5, 5.41) is 1.75. The molecule has 1 unspecified atom stereocenters. The minimum atomic E-state index is -3.62. The van der Waals surface area contributed by atoms with Crippen LogP contribution >= 0.6 is 0 Å². The second-order valence-corrected chi connectivity index (χ2v) is 6.04. The molecule has 18 heavy (non-hydrogen) atoms. The van der Waals surface area contributed by atoms with Gasteiger partial charge in [-0.25, -0.2) is 8.42 Å². The van der Waals surface area contributed by atoms with E-state index in [9.17, 15) is 18.0 Å². The van der Waals surface area contributed by atoms with Crippen molar-refractivity contribution in [3.8, 4) is 0 Å². The number of carbonyl (C=O) groups excluding carboxylic acids is 2. The highest BCUT2D eigenvalue weighted by Crippen LogP contribution is 2.27. The van der Waals surface area contributed by atoms with Crippen LogP contribution in [0.5, 0.6) is 0 Å². The van der Waals surface area contributed by atoms with Crippen LogP contribution in [0, 0.1) is 0 Å². The number of sulfonamides is 1. The molecule has 1 aliphatic carbocycles. The van der Waals surface area contributed by atoms with Crippen molar-refractivity contribution in [3.63, 3.8) is 0 Å². The first kappa shape index (κ1) is 14.4. The van der Waals surface area contributed by atoms with Crippen molar-refractivity contribution in [3.05, 3.63) is 24.8 Å². The van der Waals surface area contributed by atoms with Crippen molar-refractivity contribution in [2.45, 2.75) is 30.6 Å². The number of hydrogen-bond acceptors (Lipinski definition) is 4. The largest absolute Gasteiger partial charge is 0.343 e. The first-order valence-electron chi connectivity index (χ1n) is 5.46. The summed E-state index contributed by atoms with van der Waals surface area (Å²) < 4.78 is 25.1. The van der Waals surface area contributed by atoms with Gasteiger partial charge in [0.05, 0.1) is 5.25 Å². The van der Waals surface area contributed by atoms with Crippen molar-refractivity contribution < 1.29 is 18.0 Å². The summed E-state index contributed by atoms with van der Waals surface area (Å²) in [5.74, 6) is -0.791. The summed E-state index contributed by atoms with van der Waals surface area (Å²) in [4.78, 5) is 22.2. The summed E-state index contributed by atoms with van der Waals surface area (Å²) in [6.45, 7) is 7.12. The van der Waals surface area contributed by atoms with Gasteiger partial charge < -0.3 is 5.32 Å². The maximum atomic E-state index is 11.8. The molecule has 1 fully saturated rings. The summed E-state index contributed by atoms with van der Waals surface area (Å²) >= 11 is 0. The van der Waals surface area contributed by atoms with E-state index in [0.717, 1.165) is 0 Å². The van der Waals surface area contributed by atoms with Gasteiger partial charge in [0.1, 0.15) is 6.04 Å². The monoisotopic (exact) mass is 272 g/mol. The van der Waals surface area contributed by atoms with Crippen LogP contribution in [0.2, 0.25) is 0 Å². The average molecular weight is 272 g/mol. The third kappa shape index (κ3) is 3.69. The van der Waals surface area contributed by atoms with Crippen LogP contribution in [0.1, 0.15) is 19.3 Å². The third-order valence-corrected chi connectivity index (χ3v) is 4.35. The van der Waals surface area contributed by atoms with Crippen LogP contribution in [0.25, 0.3) is 0 Å². The van der Waals surface area contributed by atoms with E-state index in [4.69, 9.17) is 0 Å². The van der Waals surface area contributed by atoms with Crippen molar-refractivity contribution in [2.75, 3.05) is 0 Å². The lowest BCUT2D eigenvalue weighted by Gasteiger charge is -2.17. The Kier molecular flexibility index (Phi) is 4.66. The molecule has 1 atom stereocenters. The molecule has 0 heterocycles. The van der Waals surface area contributed by atoms with Gasteiger partial charge >= 0.3 is 0 Å². The molecule has 0 aromatic heterocycles. The summed E-state index contributed by atoms with van der Waals surface area (Å²) in [6.07, 6.45) is 3.28. The van der Waals surface area contributed by atoms with Crippen LogP contribution in [0.3, 0.4) is 0 Å². The molecule has 6 nitrogen and oxygen atoms in total. The highest BCUT2D eigenvalue weighted by molar-refractivity contribution is 7.90. The number of hydrogen-bond donors (Lipinski definition) is 2. The number of allylic oxidation sites excluding steroid dienone is 1. The van der Waals surface area contributed by atoms with Crippen molar-refractivity contribution >= 4 is 22.3 Å². The average Bonchev–Trinajstić information content (AvgIpc) is 3.09. The predicted molar refractivity (Wildman–Crippen MR) is 67.0 cm³/mol. The molecule has 0 bridgehead atoms. The predicted octanol–water partition coefficient (Wildman–Crippen LogP) is -0.158. The summed E-state index contributed by atoms with van der Waals surface area (Å²) in [7, 11) is -3.62. The Morgan fingerprint density at radius 1 is 1.44 bits per heavy atom. The normalized spacial score (nSPS) is 16.4. The Bertz CT molecular complexity index is 465. The van der Waals surface area contributed by atoms with Gasteiger partial charge in [0.15, 0.2) is 0 Å². The standard InChI is InChI=1S/C11H16N2O4S/c1-3-4-8(2)10(12-7-14)11(15)13-18(16,17)9-5-6-9/h3,7,9-10H,1-2,4-6H2,(H,12,14)(H,13,15). The summed E-state index contributed by atoms with van der Waals surface area (Å²) in [6, 6.07) is -1.06. The fourth-order valence-electron chi connectivity index (χ4n) is 1.41. The van der Waals surface area contributed by atoms with Gasteiger partial charge in [-0.05, 0) is 24.8 Å². The lowest BCUT2D eigenvalue weighted by atomic mass is 10.1. The molecular formula is C11H16N2O4S. The Hall–Kier alpha value is -1.63. The van der Waals surface area contributed by atoms with E-state index in [0.29, 0.717) is 31.2 Å². The molecule has 0 aliphatic heterocycles. The Morgan fingerprint density at radius 2 is 2.06 bits per heavy atom. The second kappa shape index (κ2) is 5.81. The third-order valence-electron chi connectivity index (χ3n) is 2.52. The molecular weight excluding hydrogens is 256 g/mol. The fourth-order valence-corrected chi connectivity index (χ4v) is 2.73. The molecule has 1 aliphatic rings. The molecule has 1 saturated carbocycles. The van der Waals surface area contributed by atoms with E-state index < -0.39 is 27.2 Å². The zero-order chi connectivity index (χ0) is 13.8.